The summed E-state index contributed by atoms with van der Waals surface area (Å²) in [5.74, 6) is 0. The molecule has 1 heterocycles. The molecule has 0 aromatic rings. The van der Waals surface area contributed by atoms with Gasteiger partial charge in [-0.25, -0.2) is 4.58 Å². The van der Waals surface area contributed by atoms with Crippen molar-refractivity contribution in [3.63, 3.8) is 0 Å². The minimum absolute atomic E-state index is 0.428. The fraction of sp³-hybridized carbons (Fsp3) is 0.857. The predicted octanol–water partition coefficient (Wildman–Crippen LogP) is 0.211. The van der Waals surface area contributed by atoms with Crippen LogP contribution in [0.25, 0.3) is 0 Å². The molecular formula is C7H15N2+. The topological polar surface area (TPSA) is 29.0 Å². The van der Waals surface area contributed by atoms with Crippen molar-refractivity contribution in [1.82, 2.24) is 0 Å². The Hall–Kier alpha value is -0.370. The maximum Gasteiger partial charge on any atom is 0.143 e. The first-order chi connectivity index (χ1) is 4.29. The Kier molecular flexibility index (Phi) is 2.22. The minimum atomic E-state index is 0.428. The quantitative estimate of drug-likeness (QED) is 0.463. The Morgan fingerprint density at radius 3 is 2.89 bits per heavy atom. The molecule has 1 aliphatic heterocycles. The first-order valence-electron chi connectivity index (χ1n) is 3.60. The van der Waals surface area contributed by atoms with E-state index in [1.807, 2.05) is 0 Å². The van der Waals surface area contributed by atoms with Gasteiger partial charge in [0.05, 0.1) is 0 Å². The molecule has 0 spiro atoms. The van der Waals surface area contributed by atoms with Gasteiger partial charge in [-0.2, -0.15) is 0 Å². The number of nitrogens with zero attached hydrogens (tertiary/aromatic N) is 1. The van der Waals surface area contributed by atoms with Crippen molar-refractivity contribution in [3.05, 3.63) is 0 Å². The van der Waals surface area contributed by atoms with Crippen molar-refractivity contribution >= 4 is 6.72 Å². The van der Waals surface area contributed by atoms with Crippen molar-refractivity contribution in [2.24, 2.45) is 5.73 Å². The average Bonchev–Trinajstić information content (AvgIpc) is 1.97. The van der Waals surface area contributed by atoms with Crippen LogP contribution < -0.4 is 5.73 Å². The van der Waals surface area contributed by atoms with Gasteiger partial charge in [0.25, 0.3) is 0 Å². The first-order valence-corrected chi connectivity index (χ1v) is 3.60. The summed E-state index contributed by atoms with van der Waals surface area (Å²) in [6.45, 7) is 6.06. The summed E-state index contributed by atoms with van der Waals surface area (Å²) < 4.78 is 2.10. The Morgan fingerprint density at radius 1 is 1.33 bits per heavy atom. The Bertz CT molecular complexity index is 109. The molecule has 2 N–H and O–H groups in total. The molecule has 0 aliphatic carbocycles. The summed E-state index contributed by atoms with van der Waals surface area (Å²) >= 11 is 0. The monoisotopic (exact) mass is 127 g/mol. The van der Waals surface area contributed by atoms with Crippen LogP contribution in [0.15, 0.2) is 0 Å². The largest absolute Gasteiger partial charge is 0.327 e. The van der Waals surface area contributed by atoms with Gasteiger partial charge in [0, 0.05) is 18.9 Å². The van der Waals surface area contributed by atoms with Gasteiger partial charge in [-0.1, -0.05) is 0 Å². The van der Waals surface area contributed by atoms with Crippen LogP contribution in [-0.2, 0) is 0 Å². The molecule has 0 amide bonds. The molecule has 0 aromatic carbocycles. The maximum absolute atomic E-state index is 5.74. The van der Waals surface area contributed by atoms with Crippen molar-refractivity contribution in [3.8, 4) is 0 Å². The zero-order chi connectivity index (χ0) is 6.69. The summed E-state index contributed by atoms with van der Waals surface area (Å²) in [6, 6.07) is 0.428. The van der Waals surface area contributed by atoms with Gasteiger partial charge in [-0.3, -0.25) is 0 Å². The molecule has 1 fully saturated rings. The highest BCUT2D eigenvalue weighted by molar-refractivity contribution is 5.14. The second kappa shape index (κ2) is 2.97. The first kappa shape index (κ1) is 6.75. The third-order valence-corrected chi connectivity index (χ3v) is 1.87. The lowest BCUT2D eigenvalue weighted by molar-refractivity contribution is -0.517. The van der Waals surface area contributed by atoms with Crippen LogP contribution in [0.5, 0.6) is 0 Å². The SMILES string of the molecule is C=[N+]1CCCC(N)CC1. The minimum Gasteiger partial charge on any atom is -0.327 e. The van der Waals surface area contributed by atoms with E-state index in [9.17, 15) is 0 Å². The highest BCUT2D eigenvalue weighted by atomic mass is 15.0. The summed E-state index contributed by atoms with van der Waals surface area (Å²) in [5, 5.41) is 0. The predicted molar refractivity (Wildman–Crippen MR) is 38.9 cm³/mol. The molecule has 0 radical (unpaired) electrons. The van der Waals surface area contributed by atoms with Gasteiger partial charge in [0.1, 0.15) is 19.8 Å². The van der Waals surface area contributed by atoms with E-state index in [1.54, 1.807) is 0 Å². The fourth-order valence-electron chi connectivity index (χ4n) is 1.18. The standard InChI is InChI=1S/C7H15N2/c1-9-5-2-3-7(8)4-6-9/h7H,1-6,8H2/q+1. The van der Waals surface area contributed by atoms with E-state index in [2.05, 4.69) is 11.3 Å². The number of rotatable bonds is 0. The molecule has 1 saturated heterocycles. The average molecular weight is 127 g/mol. The molecule has 52 valence electrons. The van der Waals surface area contributed by atoms with E-state index in [-0.39, 0.29) is 0 Å². The third kappa shape index (κ3) is 2.14. The van der Waals surface area contributed by atoms with Crippen molar-refractivity contribution < 1.29 is 4.58 Å². The second-order valence-corrected chi connectivity index (χ2v) is 2.81. The van der Waals surface area contributed by atoms with Crippen LogP contribution in [0, 0.1) is 0 Å². The van der Waals surface area contributed by atoms with E-state index in [4.69, 9.17) is 5.73 Å². The van der Waals surface area contributed by atoms with Crippen LogP contribution in [-0.4, -0.2) is 30.4 Å². The van der Waals surface area contributed by atoms with Crippen LogP contribution >= 0.6 is 0 Å². The van der Waals surface area contributed by atoms with Gasteiger partial charge >= 0.3 is 0 Å². The zero-order valence-electron chi connectivity index (χ0n) is 5.84. The molecule has 0 aromatic heterocycles. The lowest BCUT2D eigenvalue weighted by atomic mass is 10.1. The molecule has 1 atom stereocenters. The second-order valence-electron chi connectivity index (χ2n) is 2.81. The van der Waals surface area contributed by atoms with E-state index in [0.29, 0.717) is 6.04 Å². The van der Waals surface area contributed by atoms with Crippen molar-refractivity contribution in [2.45, 2.75) is 25.3 Å². The molecule has 1 unspecified atom stereocenters. The smallest absolute Gasteiger partial charge is 0.143 e. The van der Waals surface area contributed by atoms with E-state index < -0.39 is 0 Å². The molecule has 2 heteroatoms. The normalized spacial score (nSPS) is 29.9. The van der Waals surface area contributed by atoms with Crippen molar-refractivity contribution in [2.75, 3.05) is 13.1 Å². The van der Waals surface area contributed by atoms with Gasteiger partial charge in [-0.05, 0) is 6.42 Å². The lowest BCUT2D eigenvalue weighted by Crippen LogP contribution is -2.20. The van der Waals surface area contributed by atoms with Crippen molar-refractivity contribution in [1.29, 1.82) is 0 Å². The fourth-order valence-corrected chi connectivity index (χ4v) is 1.18. The van der Waals surface area contributed by atoms with E-state index in [0.717, 1.165) is 19.5 Å². The molecule has 9 heavy (non-hydrogen) atoms. The highest BCUT2D eigenvalue weighted by Gasteiger charge is 2.12. The summed E-state index contributed by atoms with van der Waals surface area (Å²) in [7, 11) is 0. The van der Waals surface area contributed by atoms with Crippen LogP contribution in [0.3, 0.4) is 0 Å². The zero-order valence-corrected chi connectivity index (χ0v) is 5.84. The lowest BCUT2D eigenvalue weighted by Gasteiger charge is -2.00. The Morgan fingerprint density at radius 2 is 2.11 bits per heavy atom. The van der Waals surface area contributed by atoms with E-state index >= 15 is 0 Å². The van der Waals surface area contributed by atoms with Crippen LogP contribution in [0.2, 0.25) is 0 Å². The summed E-state index contributed by atoms with van der Waals surface area (Å²) in [4.78, 5) is 0. The Balaban J connectivity index is 2.34. The number of hydrogen-bond acceptors (Lipinski definition) is 1. The van der Waals surface area contributed by atoms with E-state index in [1.165, 1.54) is 12.8 Å². The Labute approximate surface area is 56.4 Å². The number of nitrogens with two attached hydrogens (primary N) is 1. The highest BCUT2D eigenvalue weighted by Crippen LogP contribution is 2.03. The molecule has 0 bridgehead atoms. The van der Waals surface area contributed by atoms with Gasteiger partial charge < -0.3 is 5.73 Å². The van der Waals surface area contributed by atoms with Gasteiger partial charge in [0.15, 0.2) is 0 Å². The van der Waals surface area contributed by atoms with Gasteiger partial charge in [-0.15, -0.1) is 0 Å². The van der Waals surface area contributed by atoms with Gasteiger partial charge in [0.2, 0.25) is 0 Å². The molecule has 1 aliphatic rings. The molecule has 1 rings (SSSR count). The molecule has 0 saturated carbocycles. The third-order valence-electron chi connectivity index (χ3n) is 1.87. The number of hydrogen-bond donors (Lipinski definition) is 1. The maximum atomic E-state index is 5.74. The molecule has 2 nitrogen and oxygen atoms in total. The summed E-state index contributed by atoms with van der Waals surface area (Å²) in [6.07, 6.45) is 3.50. The van der Waals surface area contributed by atoms with Crippen LogP contribution in [0.4, 0.5) is 0 Å². The molecular weight excluding hydrogens is 112 g/mol. The van der Waals surface area contributed by atoms with Crippen LogP contribution in [0.1, 0.15) is 19.3 Å². The summed E-state index contributed by atoms with van der Waals surface area (Å²) in [5.41, 5.74) is 5.74.